The van der Waals surface area contributed by atoms with Crippen molar-refractivity contribution in [1.82, 2.24) is 0 Å². The number of azo groups is 1. The molecule has 10 nitrogen and oxygen atoms in total. The summed E-state index contributed by atoms with van der Waals surface area (Å²) in [7, 11) is -4.93. The van der Waals surface area contributed by atoms with Crippen LogP contribution in [0.25, 0.3) is 6.08 Å². The molecular formula is C16H11N3O7S. The number of Topliss-reactive ketones (excluding diaryl/α,β-unsaturated/α-hetero) is 1. The highest BCUT2D eigenvalue weighted by Crippen LogP contribution is 2.30. The van der Waals surface area contributed by atoms with Crippen LogP contribution in [0.15, 0.2) is 64.1 Å². The second kappa shape index (κ2) is 6.78. The summed E-state index contributed by atoms with van der Waals surface area (Å²) >= 11 is 0. The first-order valence-corrected chi connectivity index (χ1v) is 8.99. The fraction of sp³-hybridized carbons (Fsp3) is 0.125. The van der Waals surface area contributed by atoms with Crippen LogP contribution in [0.3, 0.4) is 0 Å². The van der Waals surface area contributed by atoms with Crippen LogP contribution in [0.1, 0.15) is 17.2 Å². The molecule has 1 N–H and O–H groups in total. The number of allylic oxidation sites excluding steroid dienone is 2. The number of hydrogen-bond acceptors (Lipinski definition) is 8. The third-order valence-electron chi connectivity index (χ3n) is 3.92. The minimum atomic E-state index is -4.93. The molecule has 2 aliphatic carbocycles. The van der Waals surface area contributed by atoms with Crippen LogP contribution < -0.4 is 0 Å². The SMILES string of the molecule is O=C1C=Cc2ccccc2C1N=NC1=CC([N+](=O)[O-])=CC(S(=O)(=O)O)C1=O. The number of carbonyl (C=O) groups excluding carboxylic acids is 2. The second-order valence-corrected chi connectivity index (χ2v) is 7.20. The number of nitrogens with zero attached hydrogens (tertiary/aromatic N) is 3. The maximum absolute atomic E-state index is 12.2. The summed E-state index contributed by atoms with van der Waals surface area (Å²) in [6, 6.07) is 5.75. The van der Waals surface area contributed by atoms with Gasteiger partial charge in [0.05, 0.1) is 4.92 Å². The van der Waals surface area contributed by atoms with Crippen molar-refractivity contribution in [3.05, 3.63) is 75.1 Å². The Bertz CT molecular complexity index is 1080. The number of hydrogen-bond donors (Lipinski definition) is 1. The molecule has 1 aromatic carbocycles. The third-order valence-corrected chi connectivity index (χ3v) is 4.91. The van der Waals surface area contributed by atoms with Crippen molar-refractivity contribution < 1.29 is 27.5 Å². The highest BCUT2D eigenvalue weighted by Gasteiger charge is 2.38. The van der Waals surface area contributed by atoms with Crippen molar-refractivity contribution in [2.75, 3.05) is 0 Å². The lowest BCUT2D eigenvalue weighted by Gasteiger charge is -2.16. The quantitative estimate of drug-likeness (QED) is 0.355. The number of fused-ring (bicyclic) bond motifs is 1. The summed E-state index contributed by atoms with van der Waals surface area (Å²) in [4.78, 5) is 34.4. The molecule has 3 rings (SSSR count). The average molecular weight is 389 g/mol. The Morgan fingerprint density at radius 2 is 1.85 bits per heavy atom. The molecule has 0 radical (unpaired) electrons. The van der Waals surface area contributed by atoms with Gasteiger partial charge < -0.3 is 0 Å². The van der Waals surface area contributed by atoms with Gasteiger partial charge in [0.15, 0.2) is 17.1 Å². The topological polar surface area (TPSA) is 156 Å². The van der Waals surface area contributed by atoms with Crippen LogP contribution in [0.5, 0.6) is 0 Å². The van der Waals surface area contributed by atoms with Crippen LogP contribution >= 0.6 is 0 Å². The molecule has 11 heteroatoms. The van der Waals surface area contributed by atoms with Gasteiger partial charge in [-0.3, -0.25) is 24.3 Å². The van der Waals surface area contributed by atoms with Gasteiger partial charge in [-0.05, 0) is 17.2 Å². The van der Waals surface area contributed by atoms with Crippen LogP contribution in [-0.2, 0) is 19.7 Å². The van der Waals surface area contributed by atoms with Crippen LogP contribution in [0, 0.1) is 10.1 Å². The van der Waals surface area contributed by atoms with E-state index in [0.29, 0.717) is 17.2 Å². The van der Waals surface area contributed by atoms with Gasteiger partial charge in [-0.1, -0.05) is 30.3 Å². The lowest BCUT2D eigenvalue weighted by atomic mass is 9.92. The predicted molar refractivity (Wildman–Crippen MR) is 91.6 cm³/mol. The molecule has 0 saturated carbocycles. The molecule has 0 fully saturated rings. The number of rotatable bonds is 4. The maximum Gasteiger partial charge on any atom is 0.279 e. The molecule has 138 valence electrons. The van der Waals surface area contributed by atoms with Crippen molar-refractivity contribution in [2.24, 2.45) is 10.2 Å². The van der Waals surface area contributed by atoms with Gasteiger partial charge in [0.25, 0.3) is 15.8 Å². The van der Waals surface area contributed by atoms with Gasteiger partial charge in [-0.15, -0.1) is 0 Å². The first kappa shape index (κ1) is 18.5. The maximum atomic E-state index is 12.2. The van der Waals surface area contributed by atoms with Crippen molar-refractivity contribution in [3.63, 3.8) is 0 Å². The molecule has 2 atom stereocenters. The molecule has 0 aliphatic heterocycles. The highest BCUT2D eigenvalue weighted by molar-refractivity contribution is 7.87. The standard InChI is InChI=1S/C16H11N3O7S/c20-13-6-5-9-3-1-2-4-11(9)15(13)18-17-12-7-10(19(22)23)8-14(16(12)21)27(24,25)26/h1-8,14-15H,(H,24,25,26). The third kappa shape index (κ3) is 3.64. The molecule has 0 amide bonds. The lowest BCUT2D eigenvalue weighted by molar-refractivity contribution is -0.419. The number of benzene rings is 1. The van der Waals surface area contributed by atoms with Crippen molar-refractivity contribution in [3.8, 4) is 0 Å². The first-order chi connectivity index (χ1) is 12.7. The minimum absolute atomic E-state index is 0.419. The largest absolute Gasteiger partial charge is 0.292 e. The number of nitro groups is 1. The molecule has 0 bridgehead atoms. The lowest BCUT2D eigenvalue weighted by Crippen LogP contribution is -2.32. The van der Waals surface area contributed by atoms with Crippen LogP contribution in [0.2, 0.25) is 0 Å². The Morgan fingerprint density at radius 3 is 2.52 bits per heavy atom. The van der Waals surface area contributed by atoms with E-state index in [1.165, 1.54) is 6.08 Å². The van der Waals surface area contributed by atoms with E-state index in [4.69, 9.17) is 4.55 Å². The predicted octanol–water partition coefficient (Wildman–Crippen LogP) is 1.66. The summed E-state index contributed by atoms with van der Waals surface area (Å²) in [6.07, 6.45) is 4.13. The molecule has 0 saturated heterocycles. The van der Waals surface area contributed by atoms with Crippen molar-refractivity contribution in [1.29, 1.82) is 0 Å². The second-order valence-electron chi connectivity index (χ2n) is 5.66. The van der Waals surface area contributed by atoms with E-state index >= 15 is 0 Å². The zero-order valence-electron chi connectivity index (χ0n) is 13.4. The smallest absolute Gasteiger partial charge is 0.279 e. The summed E-state index contributed by atoms with van der Waals surface area (Å²) in [5.74, 6) is -1.60. The minimum Gasteiger partial charge on any atom is -0.292 e. The number of ketones is 2. The molecule has 27 heavy (non-hydrogen) atoms. The fourth-order valence-corrected chi connectivity index (χ4v) is 3.32. The summed E-state index contributed by atoms with van der Waals surface area (Å²) < 4.78 is 31.8. The summed E-state index contributed by atoms with van der Waals surface area (Å²) in [6.45, 7) is 0. The Morgan fingerprint density at radius 1 is 1.15 bits per heavy atom. The van der Waals surface area contributed by atoms with Crippen molar-refractivity contribution >= 4 is 27.8 Å². The van der Waals surface area contributed by atoms with Crippen LogP contribution in [0.4, 0.5) is 0 Å². The molecule has 2 aliphatic rings. The van der Waals surface area contributed by atoms with Gasteiger partial charge >= 0.3 is 0 Å². The monoisotopic (exact) mass is 389 g/mol. The normalized spacial score (nSPS) is 22.4. The Hall–Kier alpha value is -3.31. The van der Waals surface area contributed by atoms with Crippen molar-refractivity contribution in [2.45, 2.75) is 11.3 Å². The van der Waals surface area contributed by atoms with E-state index < -0.39 is 49.3 Å². The molecule has 2 unspecified atom stereocenters. The van der Waals surface area contributed by atoms with E-state index in [2.05, 4.69) is 10.2 Å². The van der Waals surface area contributed by atoms with E-state index in [-0.39, 0.29) is 0 Å². The van der Waals surface area contributed by atoms with Gasteiger partial charge in [0.2, 0.25) is 5.78 Å². The first-order valence-electron chi connectivity index (χ1n) is 7.48. The molecule has 1 aromatic rings. The highest BCUT2D eigenvalue weighted by atomic mass is 32.2. The summed E-state index contributed by atoms with van der Waals surface area (Å²) in [5, 5.41) is 16.2. The van der Waals surface area contributed by atoms with E-state index in [1.54, 1.807) is 30.3 Å². The summed E-state index contributed by atoms with van der Waals surface area (Å²) in [5.41, 5.74) is -0.145. The Labute approximate surface area is 152 Å². The fourth-order valence-electron chi connectivity index (χ4n) is 2.62. The van der Waals surface area contributed by atoms with E-state index in [0.717, 1.165) is 6.08 Å². The average Bonchev–Trinajstić information content (AvgIpc) is 2.60. The molecule has 0 spiro atoms. The van der Waals surface area contributed by atoms with E-state index in [1.807, 2.05) is 0 Å². The van der Waals surface area contributed by atoms with Gasteiger partial charge in [0.1, 0.15) is 5.70 Å². The zero-order chi connectivity index (χ0) is 19.8. The Balaban J connectivity index is 2.00. The molecule has 0 heterocycles. The van der Waals surface area contributed by atoms with Crippen LogP contribution in [-0.4, -0.2) is 34.7 Å². The molecular weight excluding hydrogens is 378 g/mol. The number of carbonyl (C=O) groups is 2. The van der Waals surface area contributed by atoms with E-state index in [9.17, 15) is 28.1 Å². The van der Waals surface area contributed by atoms with Gasteiger partial charge in [-0.25, -0.2) is 0 Å². The van der Waals surface area contributed by atoms with Gasteiger partial charge in [0, 0.05) is 12.2 Å². The zero-order valence-corrected chi connectivity index (χ0v) is 14.2. The van der Waals surface area contributed by atoms with Gasteiger partial charge in [-0.2, -0.15) is 18.6 Å². The Kier molecular flexibility index (Phi) is 4.64. The molecule has 0 aromatic heterocycles.